The quantitative estimate of drug-likeness (QED) is 0.681. The molecule has 0 spiro atoms. The highest BCUT2D eigenvalue weighted by Crippen LogP contribution is 2.40. The number of nitrogens with zero attached hydrogens (tertiary/aromatic N) is 2. The van der Waals surface area contributed by atoms with E-state index in [4.69, 9.17) is 0 Å². The first kappa shape index (κ1) is 21.2. The molecule has 0 unspecified atom stereocenters. The van der Waals surface area contributed by atoms with Gasteiger partial charge in [-0.15, -0.1) is 11.3 Å². The average molecular weight is 415 g/mol. The Kier molecular flexibility index (Phi) is 6.19. The Morgan fingerprint density at radius 2 is 1.86 bits per heavy atom. The minimum Gasteiger partial charge on any atom is -0.503 e. The third-order valence-corrected chi connectivity index (χ3v) is 6.20. The molecule has 1 aromatic carbocycles. The number of amides is 1. The van der Waals surface area contributed by atoms with Crippen molar-refractivity contribution in [1.82, 2.24) is 9.88 Å². The first-order valence-electron chi connectivity index (χ1n) is 9.79. The zero-order valence-electron chi connectivity index (χ0n) is 17.6. The number of aromatic nitrogens is 1. The number of hydrogen-bond donors (Lipinski definition) is 2. The Bertz CT molecular complexity index is 960. The van der Waals surface area contributed by atoms with Gasteiger partial charge in [0, 0.05) is 13.0 Å². The smallest absolute Gasteiger partial charge is 0.290 e. The maximum absolute atomic E-state index is 13.4. The summed E-state index contributed by atoms with van der Waals surface area (Å²) in [6.07, 6.45) is 0.782. The summed E-state index contributed by atoms with van der Waals surface area (Å²) in [4.78, 5) is 34.0. The highest BCUT2D eigenvalue weighted by molar-refractivity contribution is 7.14. The van der Waals surface area contributed by atoms with Crippen molar-refractivity contribution in [2.75, 3.05) is 27.2 Å². The Morgan fingerprint density at radius 3 is 2.41 bits per heavy atom. The standard InChI is InChI=1S/C22H27N3O3S/c1-13-7-9-16(10-8-13)18-17(19(26)21-14(2)23-15(3)29-21)20(27)22(28)25(18)12-6-11-24(4)5/h7-10,18,27H,6,11-12H2,1-5H3/p+1/t18-/m1/s1. The molecule has 7 heteroatoms. The van der Waals surface area contributed by atoms with Crippen LogP contribution >= 0.6 is 11.3 Å². The first-order chi connectivity index (χ1) is 13.7. The van der Waals surface area contributed by atoms with Gasteiger partial charge in [-0.1, -0.05) is 29.8 Å². The predicted octanol–water partition coefficient (Wildman–Crippen LogP) is 2.18. The molecule has 1 aliphatic rings. The normalized spacial score (nSPS) is 17.0. The first-order valence-corrected chi connectivity index (χ1v) is 10.6. The minimum atomic E-state index is -0.588. The maximum atomic E-state index is 13.4. The predicted molar refractivity (Wildman–Crippen MR) is 114 cm³/mol. The molecule has 2 N–H and O–H groups in total. The number of Topliss-reactive ketones (excluding diaryl/α,β-unsaturated/α-hetero) is 1. The van der Waals surface area contributed by atoms with Crippen LogP contribution in [0.4, 0.5) is 0 Å². The molecular weight excluding hydrogens is 386 g/mol. The fraction of sp³-hybridized carbons (Fsp3) is 0.409. The summed E-state index contributed by atoms with van der Waals surface area (Å²) in [5.41, 5.74) is 2.70. The van der Waals surface area contributed by atoms with Crippen molar-refractivity contribution >= 4 is 23.0 Å². The summed E-state index contributed by atoms with van der Waals surface area (Å²) in [7, 11) is 4.12. The van der Waals surface area contributed by atoms with Gasteiger partial charge in [0.1, 0.15) is 0 Å². The molecule has 0 fully saturated rings. The van der Waals surface area contributed by atoms with E-state index in [2.05, 4.69) is 19.1 Å². The van der Waals surface area contributed by atoms with E-state index in [-0.39, 0.29) is 11.4 Å². The van der Waals surface area contributed by atoms with Crippen molar-refractivity contribution in [3.63, 3.8) is 0 Å². The van der Waals surface area contributed by atoms with Gasteiger partial charge < -0.3 is 14.9 Å². The van der Waals surface area contributed by atoms with Crippen LogP contribution in [0.15, 0.2) is 35.6 Å². The zero-order valence-corrected chi connectivity index (χ0v) is 18.4. The number of aliphatic hydroxyl groups excluding tert-OH is 1. The number of ketones is 1. The highest BCUT2D eigenvalue weighted by Gasteiger charge is 2.44. The Morgan fingerprint density at radius 1 is 1.21 bits per heavy atom. The van der Waals surface area contributed by atoms with Crippen LogP contribution in [0.5, 0.6) is 0 Å². The second kappa shape index (κ2) is 8.47. The molecule has 3 rings (SSSR count). The lowest BCUT2D eigenvalue weighted by atomic mass is 9.94. The molecular formula is C22H28N3O3S+. The number of carbonyl (C=O) groups excluding carboxylic acids is 2. The molecule has 1 atom stereocenters. The summed E-state index contributed by atoms with van der Waals surface area (Å²) in [6.45, 7) is 6.98. The van der Waals surface area contributed by atoms with Crippen LogP contribution in [0, 0.1) is 20.8 Å². The van der Waals surface area contributed by atoms with Crippen LogP contribution < -0.4 is 4.90 Å². The van der Waals surface area contributed by atoms with Gasteiger partial charge in [0.2, 0.25) is 5.78 Å². The maximum Gasteiger partial charge on any atom is 0.290 e. The Hall–Kier alpha value is -2.51. The fourth-order valence-electron chi connectivity index (χ4n) is 3.68. The van der Waals surface area contributed by atoms with Crippen molar-refractivity contribution < 1.29 is 19.6 Å². The number of aryl methyl sites for hydroxylation is 3. The zero-order chi connectivity index (χ0) is 21.3. The molecule has 1 aromatic heterocycles. The number of nitrogens with one attached hydrogen (secondary N) is 1. The van der Waals surface area contributed by atoms with Crippen molar-refractivity contribution in [3.05, 3.63) is 62.3 Å². The van der Waals surface area contributed by atoms with Crippen LogP contribution in [0.1, 0.15) is 44.0 Å². The van der Waals surface area contributed by atoms with Gasteiger partial charge in [-0.05, 0) is 26.3 Å². The summed E-state index contributed by atoms with van der Waals surface area (Å²) < 4.78 is 0. The van der Waals surface area contributed by atoms with Crippen molar-refractivity contribution in [2.45, 2.75) is 33.2 Å². The number of rotatable bonds is 7. The molecule has 154 valence electrons. The van der Waals surface area contributed by atoms with Gasteiger partial charge in [-0.3, -0.25) is 9.59 Å². The van der Waals surface area contributed by atoms with Crippen molar-refractivity contribution in [1.29, 1.82) is 0 Å². The third kappa shape index (κ3) is 4.26. The van der Waals surface area contributed by atoms with E-state index >= 15 is 0 Å². The third-order valence-electron chi connectivity index (χ3n) is 5.13. The van der Waals surface area contributed by atoms with Crippen LogP contribution in [-0.2, 0) is 4.79 Å². The van der Waals surface area contributed by atoms with Gasteiger partial charge in [0.25, 0.3) is 5.91 Å². The van der Waals surface area contributed by atoms with E-state index in [1.54, 1.807) is 11.8 Å². The molecule has 1 aliphatic heterocycles. The molecule has 0 bridgehead atoms. The topological polar surface area (TPSA) is 74.9 Å². The van der Waals surface area contributed by atoms with Crippen LogP contribution in [0.3, 0.4) is 0 Å². The number of hydrogen-bond acceptors (Lipinski definition) is 5. The lowest BCUT2D eigenvalue weighted by molar-refractivity contribution is -0.858. The van der Waals surface area contributed by atoms with E-state index in [1.807, 2.05) is 38.1 Å². The summed E-state index contributed by atoms with van der Waals surface area (Å²) in [6, 6.07) is 7.18. The van der Waals surface area contributed by atoms with E-state index in [0.29, 0.717) is 17.1 Å². The van der Waals surface area contributed by atoms with Gasteiger partial charge in [-0.25, -0.2) is 4.98 Å². The number of aliphatic hydroxyl groups is 1. The molecule has 2 aromatic rings. The van der Waals surface area contributed by atoms with Gasteiger partial charge in [0.15, 0.2) is 5.76 Å². The molecule has 2 heterocycles. The lowest BCUT2D eigenvalue weighted by Crippen LogP contribution is -3.05. The molecule has 0 radical (unpaired) electrons. The highest BCUT2D eigenvalue weighted by atomic mass is 32.1. The molecule has 1 amide bonds. The van der Waals surface area contributed by atoms with E-state index in [1.165, 1.54) is 16.2 Å². The number of carbonyl (C=O) groups is 2. The summed E-state index contributed by atoms with van der Waals surface area (Å²) in [5, 5.41) is 11.5. The van der Waals surface area contributed by atoms with E-state index < -0.39 is 17.7 Å². The van der Waals surface area contributed by atoms with Gasteiger partial charge in [-0.2, -0.15) is 0 Å². The second-order valence-corrected chi connectivity index (χ2v) is 9.06. The average Bonchev–Trinajstić information content (AvgIpc) is 3.12. The van der Waals surface area contributed by atoms with E-state index in [9.17, 15) is 14.7 Å². The molecule has 6 nitrogen and oxygen atoms in total. The van der Waals surface area contributed by atoms with Crippen LogP contribution in [0.25, 0.3) is 0 Å². The largest absolute Gasteiger partial charge is 0.503 e. The minimum absolute atomic E-state index is 0.155. The number of quaternary nitrogens is 1. The molecule has 29 heavy (non-hydrogen) atoms. The van der Waals surface area contributed by atoms with Crippen molar-refractivity contribution in [2.24, 2.45) is 0 Å². The molecule has 0 aliphatic carbocycles. The second-order valence-electron chi connectivity index (χ2n) is 7.86. The Balaban J connectivity index is 2.03. The Labute approximate surface area is 175 Å². The van der Waals surface area contributed by atoms with Gasteiger partial charge >= 0.3 is 0 Å². The van der Waals surface area contributed by atoms with Crippen molar-refractivity contribution in [3.8, 4) is 0 Å². The van der Waals surface area contributed by atoms with E-state index in [0.717, 1.165) is 29.1 Å². The SMILES string of the molecule is Cc1ccc([C@@H]2C(C(=O)c3sc(C)nc3C)=C(O)C(=O)N2CCC[NH+](C)C)cc1. The monoisotopic (exact) mass is 414 g/mol. The van der Waals surface area contributed by atoms with Crippen LogP contribution in [0.2, 0.25) is 0 Å². The molecule has 0 saturated carbocycles. The summed E-state index contributed by atoms with van der Waals surface area (Å²) >= 11 is 1.30. The lowest BCUT2D eigenvalue weighted by Gasteiger charge is -2.27. The fourth-order valence-corrected chi connectivity index (χ4v) is 4.55. The number of thiazole rings is 1. The van der Waals surface area contributed by atoms with Gasteiger partial charge in [0.05, 0.1) is 47.8 Å². The molecule has 0 saturated heterocycles. The summed E-state index contributed by atoms with van der Waals surface area (Å²) in [5.74, 6) is -1.24. The number of benzene rings is 1. The van der Waals surface area contributed by atoms with Crippen LogP contribution in [-0.4, -0.2) is 53.9 Å².